The van der Waals surface area contributed by atoms with Gasteiger partial charge in [-0.05, 0) is 43.9 Å². The highest BCUT2D eigenvalue weighted by molar-refractivity contribution is 7.89. The topological polar surface area (TPSA) is 63.4 Å². The summed E-state index contributed by atoms with van der Waals surface area (Å²) in [6.07, 6.45) is 2.81. The van der Waals surface area contributed by atoms with Crippen molar-refractivity contribution in [1.29, 1.82) is 0 Å². The van der Waals surface area contributed by atoms with E-state index in [9.17, 15) is 12.8 Å². The number of aryl methyl sites for hydroxylation is 1. The van der Waals surface area contributed by atoms with Crippen molar-refractivity contribution in [3.63, 3.8) is 0 Å². The van der Waals surface area contributed by atoms with Gasteiger partial charge in [0.1, 0.15) is 5.82 Å². The Labute approximate surface area is 113 Å². The van der Waals surface area contributed by atoms with Gasteiger partial charge in [0, 0.05) is 13.1 Å². The van der Waals surface area contributed by atoms with Crippen molar-refractivity contribution in [1.82, 2.24) is 4.31 Å². The molecule has 0 heterocycles. The van der Waals surface area contributed by atoms with Crippen LogP contribution in [0.1, 0.15) is 30.4 Å². The minimum atomic E-state index is -3.61. The minimum absolute atomic E-state index is 0.0510. The second-order valence-corrected chi connectivity index (χ2v) is 7.08. The zero-order valence-corrected chi connectivity index (χ0v) is 12.2. The molecule has 1 aromatic rings. The molecule has 106 valence electrons. The average molecular weight is 286 g/mol. The third kappa shape index (κ3) is 2.23. The molecule has 4 nitrogen and oxygen atoms in total. The molecule has 0 bridgehead atoms. The lowest BCUT2D eigenvalue weighted by Crippen LogP contribution is -2.41. The Balaban J connectivity index is 2.54. The van der Waals surface area contributed by atoms with Crippen LogP contribution in [0, 0.1) is 19.7 Å². The summed E-state index contributed by atoms with van der Waals surface area (Å²) in [4.78, 5) is 0.140. The summed E-state index contributed by atoms with van der Waals surface area (Å²) in [5, 5.41) is 0. The second-order valence-electron chi connectivity index (χ2n) is 5.15. The Morgan fingerprint density at radius 2 is 1.95 bits per heavy atom. The molecule has 0 amide bonds. The third-order valence-corrected chi connectivity index (χ3v) is 6.13. The maximum atomic E-state index is 13.5. The van der Waals surface area contributed by atoms with Crippen molar-refractivity contribution < 1.29 is 12.8 Å². The van der Waals surface area contributed by atoms with Crippen molar-refractivity contribution in [3.05, 3.63) is 23.0 Å². The predicted molar refractivity (Wildman–Crippen MR) is 72.9 cm³/mol. The molecular formula is C13H19FN2O2S. The van der Waals surface area contributed by atoms with Gasteiger partial charge in [-0.15, -0.1) is 0 Å². The number of hydrogen-bond donors (Lipinski definition) is 1. The number of rotatable bonds is 3. The average Bonchev–Trinajstić information content (AvgIpc) is 2.23. The van der Waals surface area contributed by atoms with Gasteiger partial charge < -0.3 is 5.73 Å². The van der Waals surface area contributed by atoms with Gasteiger partial charge in [-0.25, -0.2) is 12.8 Å². The minimum Gasteiger partial charge on any atom is -0.396 e. The Morgan fingerprint density at radius 1 is 1.37 bits per heavy atom. The van der Waals surface area contributed by atoms with E-state index in [1.54, 1.807) is 20.9 Å². The molecule has 1 fully saturated rings. The SMILES string of the molecule is Cc1cc(F)c(N)c(C)c1S(=O)(=O)N(C)C1CCC1. The molecule has 1 aliphatic carbocycles. The third-order valence-electron chi connectivity index (χ3n) is 3.93. The molecule has 2 rings (SSSR count). The molecule has 0 saturated heterocycles. The fourth-order valence-electron chi connectivity index (χ4n) is 2.42. The molecule has 0 atom stereocenters. The lowest BCUT2D eigenvalue weighted by molar-refractivity contribution is 0.249. The summed E-state index contributed by atoms with van der Waals surface area (Å²) in [5.74, 6) is -0.569. The molecule has 2 N–H and O–H groups in total. The largest absolute Gasteiger partial charge is 0.396 e. The highest BCUT2D eigenvalue weighted by Crippen LogP contribution is 2.33. The van der Waals surface area contributed by atoms with Gasteiger partial charge in [0.2, 0.25) is 10.0 Å². The lowest BCUT2D eigenvalue weighted by atomic mass is 9.94. The first-order valence-electron chi connectivity index (χ1n) is 6.30. The van der Waals surface area contributed by atoms with Gasteiger partial charge in [-0.2, -0.15) is 4.31 Å². The standard InChI is InChI=1S/C13H19FN2O2S/c1-8-7-11(14)12(15)9(2)13(8)19(17,18)16(3)10-5-4-6-10/h7,10H,4-6,15H2,1-3H3. The highest BCUT2D eigenvalue weighted by atomic mass is 32.2. The summed E-state index contributed by atoms with van der Waals surface area (Å²) in [5.41, 5.74) is 6.22. The number of halogens is 1. The number of sulfonamides is 1. The molecular weight excluding hydrogens is 267 g/mol. The van der Waals surface area contributed by atoms with Crippen LogP contribution >= 0.6 is 0 Å². The molecule has 1 aliphatic rings. The maximum Gasteiger partial charge on any atom is 0.243 e. The molecule has 0 unspecified atom stereocenters. The first-order valence-corrected chi connectivity index (χ1v) is 7.74. The quantitative estimate of drug-likeness (QED) is 0.866. The Kier molecular flexibility index (Phi) is 3.57. The summed E-state index contributed by atoms with van der Waals surface area (Å²) < 4.78 is 40.1. The molecule has 1 saturated carbocycles. The van der Waals surface area contributed by atoms with Crippen molar-refractivity contribution in [2.75, 3.05) is 12.8 Å². The molecule has 0 spiro atoms. The van der Waals surface area contributed by atoms with Crippen molar-refractivity contribution in [3.8, 4) is 0 Å². The molecule has 0 radical (unpaired) electrons. The van der Waals surface area contributed by atoms with Crippen LogP contribution in [-0.2, 0) is 10.0 Å². The van der Waals surface area contributed by atoms with Crippen LogP contribution in [0.15, 0.2) is 11.0 Å². The number of hydrogen-bond acceptors (Lipinski definition) is 3. The number of benzene rings is 1. The number of nitrogen functional groups attached to an aromatic ring is 1. The Hall–Kier alpha value is -1.14. The van der Waals surface area contributed by atoms with Gasteiger partial charge in [0.15, 0.2) is 0 Å². The van der Waals surface area contributed by atoms with Crippen LogP contribution in [0.25, 0.3) is 0 Å². The van der Waals surface area contributed by atoms with Crippen molar-refractivity contribution in [2.45, 2.75) is 44.0 Å². The van der Waals surface area contributed by atoms with Crippen LogP contribution in [0.5, 0.6) is 0 Å². The number of nitrogens with zero attached hydrogens (tertiary/aromatic N) is 1. The van der Waals surface area contributed by atoms with Crippen molar-refractivity contribution >= 4 is 15.7 Å². The van der Waals surface area contributed by atoms with E-state index < -0.39 is 15.8 Å². The van der Waals surface area contributed by atoms with Gasteiger partial charge >= 0.3 is 0 Å². The lowest BCUT2D eigenvalue weighted by Gasteiger charge is -2.34. The second kappa shape index (κ2) is 4.76. The van der Waals surface area contributed by atoms with Crippen LogP contribution in [0.4, 0.5) is 10.1 Å². The van der Waals surface area contributed by atoms with Gasteiger partial charge in [0.05, 0.1) is 10.6 Å². The van der Waals surface area contributed by atoms with Crippen LogP contribution in [0.3, 0.4) is 0 Å². The van der Waals surface area contributed by atoms with Crippen LogP contribution < -0.4 is 5.73 Å². The fourth-order valence-corrected chi connectivity index (χ4v) is 4.27. The Morgan fingerprint density at radius 3 is 2.42 bits per heavy atom. The predicted octanol–water partition coefficient (Wildman–Crippen LogP) is 2.20. The van der Waals surface area contributed by atoms with Gasteiger partial charge in [-0.1, -0.05) is 6.42 Å². The van der Waals surface area contributed by atoms with Crippen molar-refractivity contribution in [2.24, 2.45) is 0 Å². The Bertz CT molecular complexity index is 610. The smallest absolute Gasteiger partial charge is 0.243 e. The van der Waals surface area contributed by atoms with E-state index in [1.807, 2.05) is 0 Å². The molecule has 1 aromatic carbocycles. The van der Waals surface area contributed by atoms with Gasteiger partial charge in [-0.3, -0.25) is 0 Å². The number of anilines is 1. The van der Waals surface area contributed by atoms with Gasteiger partial charge in [0.25, 0.3) is 0 Å². The van der Waals surface area contributed by atoms with E-state index in [2.05, 4.69) is 0 Å². The molecule has 0 aliphatic heterocycles. The fraction of sp³-hybridized carbons (Fsp3) is 0.538. The zero-order valence-electron chi connectivity index (χ0n) is 11.4. The van der Waals surface area contributed by atoms with E-state index in [0.717, 1.165) is 19.3 Å². The highest BCUT2D eigenvalue weighted by Gasteiger charge is 2.34. The summed E-state index contributed by atoms with van der Waals surface area (Å²) in [6, 6.07) is 1.24. The number of nitrogens with two attached hydrogens (primary N) is 1. The molecule has 6 heteroatoms. The van der Waals surface area contributed by atoms with Crippen LogP contribution in [-0.4, -0.2) is 25.8 Å². The van der Waals surface area contributed by atoms with E-state index in [-0.39, 0.29) is 16.6 Å². The van der Waals surface area contributed by atoms with E-state index in [1.165, 1.54) is 10.4 Å². The summed E-state index contributed by atoms with van der Waals surface area (Å²) in [6.45, 7) is 3.14. The summed E-state index contributed by atoms with van der Waals surface area (Å²) in [7, 11) is -2.03. The molecule has 0 aromatic heterocycles. The van der Waals surface area contributed by atoms with E-state index in [4.69, 9.17) is 5.73 Å². The van der Waals surface area contributed by atoms with Crippen LogP contribution in [0.2, 0.25) is 0 Å². The zero-order chi connectivity index (χ0) is 14.4. The maximum absolute atomic E-state index is 13.5. The molecule has 19 heavy (non-hydrogen) atoms. The van der Waals surface area contributed by atoms with E-state index in [0.29, 0.717) is 11.1 Å². The first kappa shape index (κ1) is 14.3. The first-order chi connectivity index (χ1) is 8.76. The summed E-state index contributed by atoms with van der Waals surface area (Å²) >= 11 is 0. The monoisotopic (exact) mass is 286 g/mol. The van der Waals surface area contributed by atoms with E-state index >= 15 is 0 Å². The normalized spacial score (nSPS) is 16.7.